The Kier molecular flexibility index (Phi) is 8.35. The van der Waals surface area contributed by atoms with E-state index >= 15 is 0 Å². The Bertz CT molecular complexity index is 828. The number of aromatic nitrogens is 1. The number of nitrogens with zero attached hydrogens (tertiary/aromatic N) is 2. The van der Waals surface area contributed by atoms with Crippen molar-refractivity contribution >= 4 is 26.6 Å². The van der Waals surface area contributed by atoms with Gasteiger partial charge in [0.1, 0.15) is 4.91 Å². The number of hydrogen-bond acceptors (Lipinski definition) is 5. The number of benzene rings is 1. The molecule has 1 N–H and O–H groups in total. The van der Waals surface area contributed by atoms with Gasteiger partial charge in [0, 0.05) is 45.3 Å². The van der Waals surface area contributed by atoms with E-state index < -0.39 is 10.0 Å². The molecule has 24 heavy (non-hydrogen) atoms. The van der Waals surface area contributed by atoms with Gasteiger partial charge in [0.25, 0.3) is 10.0 Å². The first kappa shape index (κ1) is 22.8. The van der Waals surface area contributed by atoms with Crippen LogP contribution in [-0.2, 0) is 42.7 Å². The fraction of sp³-hybridized carbons (Fsp3) is 0.250. The third-order valence-corrected chi connectivity index (χ3v) is 5.10. The van der Waals surface area contributed by atoms with Crippen molar-refractivity contribution in [2.75, 3.05) is 11.4 Å². The molecule has 0 spiro atoms. The van der Waals surface area contributed by atoms with E-state index in [4.69, 9.17) is 4.42 Å². The number of aryl methyl sites for hydroxylation is 1. The van der Waals surface area contributed by atoms with Gasteiger partial charge in [-0.05, 0) is 12.5 Å². The van der Waals surface area contributed by atoms with Crippen molar-refractivity contribution in [2.24, 2.45) is 0 Å². The number of aliphatic hydroxyl groups is 1. The standard InChI is InChI=1S/C13H12N2O4S.C2H6.CH3.Y/c1-8-5-3-4-6-9(8)12-11(16)10-13(19-7-14-10)15(2)20(12,17)18;1-2;;/h3-7,16H,1-2H3;1-2H3;1H3;/q;;-1;. The second kappa shape index (κ2) is 8.78. The molecule has 8 heteroatoms. The Morgan fingerprint density at radius 2 is 1.79 bits per heavy atom. The Morgan fingerprint density at radius 1 is 1.21 bits per heavy atom. The second-order valence-electron chi connectivity index (χ2n) is 4.47. The maximum absolute atomic E-state index is 12.6. The van der Waals surface area contributed by atoms with Gasteiger partial charge in [0.15, 0.2) is 17.8 Å². The van der Waals surface area contributed by atoms with Crippen molar-refractivity contribution in [3.8, 4) is 0 Å². The Hall–Kier alpha value is -1.18. The van der Waals surface area contributed by atoms with Gasteiger partial charge in [-0.1, -0.05) is 38.1 Å². The van der Waals surface area contributed by atoms with E-state index in [0.717, 1.165) is 16.3 Å². The van der Waals surface area contributed by atoms with Crippen molar-refractivity contribution in [2.45, 2.75) is 20.8 Å². The van der Waals surface area contributed by atoms with Crippen molar-refractivity contribution < 1.29 is 50.7 Å². The Balaban J connectivity index is 0.00000128. The van der Waals surface area contributed by atoms with Crippen LogP contribution in [0.2, 0.25) is 0 Å². The zero-order valence-electron chi connectivity index (χ0n) is 14.4. The van der Waals surface area contributed by atoms with Crippen LogP contribution in [0.1, 0.15) is 30.7 Å². The van der Waals surface area contributed by atoms with E-state index in [1.54, 1.807) is 31.2 Å². The summed E-state index contributed by atoms with van der Waals surface area (Å²) < 4.78 is 31.1. The molecule has 129 valence electrons. The third kappa shape index (κ3) is 3.58. The maximum Gasteiger partial charge on any atom is 0.270 e. The van der Waals surface area contributed by atoms with Gasteiger partial charge in [0.05, 0.1) is 0 Å². The summed E-state index contributed by atoms with van der Waals surface area (Å²) in [4.78, 5) is 3.73. The second-order valence-corrected chi connectivity index (χ2v) is 6.38. The first-order valence-corrected chi connectivity index (χ1v) is 8.30. The molecular formula is C16H21N2O4SY-. The minimum atomic E-state index is -3.88. The van der Waals surface area contributed by atoms with Crippen molar-refractivity contribution in [3.05, 3.63) is 54.9 Å². The van der Waals surface area contributed by atoms with E-state index in [9.17, 15) is 13.5 Å². The minimum absolute atomic E-state index is 0. The fourth-order valence-corrected chi connectivity index (χ4v) is 3.67. The molecule has 2 heterocycles. The number of anilines is 1. The smallest absolute Gasteiger partial charge is 0.270 e. The van der Waals surface area contributed by atoms with Crippen LogP contribution >= 0.6 is 0 Å². The Morgan fingerprint density at radius 3 is 2.38 bits per heavy atom. The topological polar surface area (TPSA) is 83.6 Å². The van der Waals surface area contributed by atoms with E-state index in [2.05, 4.69) is 4.98 Å². The average Bonchev–Trinajstić information content (AvgIpc) is 2.99. The predicted octanol–water partition coefficient (Wildman–Crippen LogP) is 3.62. The molecule has 0 amide bonds. The third-order valence-electron chi connectivity index (χ3n) is 3.28. The van der Waals surface area contributed by atoms with Gasteiger partial charge in [0.2, 0.25) is 5.88 Å². The molecule has 0 saturated heterocycles. The summed E-state index contributed by atoms with van der Waals surface area (Å²) in [6.45, 7) is 5.78. The number of aliphatic hydroxyl groups excluding tert-OH is 1. The summed E-state index contributed by atoms with van der Waals surface area (Å²) in [5.74, 6) is -0.374. The fourth-order valence-electron chi connectivity index (χ4n) is 2.20. The van der Waals surface area contributed by atoms with Crippen LogP contribution in [0.15, 0.2) is 35.1 Å². The van der Waals surface area contributed by atoms with Crippen LogP contribution in [0.4, 0.5) is 5.88 Å². The van der Waals surface area contributed by atoms with Crippen molar-refractivity contribution in [1.29, 1.82) is 0 Å². The van der Waals surface area contributed by atoms with Crippen LogP contribution in [0.3, 0.4) is 0 Å². The molecule has 3 rings (SSSR count). The molecule has 2 aromatic rings. The van der Waals surface area contributed by atoms with Gasteiger partial charge in [-0.15, -0.1) is 0 Å². The largest absolute Gasteiger partial charge is 0.504 e. The van der Waals surface area contributed by atoms with E-state index in [0.29, 0.717) is 5.56 Å². The van der Waals surface area contributed by atoms with Gasteiger partial charge in [-0.2, -0.15) is 0 Å². The number of fused-ring (bicyclic) bond motifs is 1. The van der Waals surface area contributed by atoms with Crippen molar-refractivity contribution in [3.63, 3.8) is 0 Å². The molecule has 0 fully saturated rings. The van der Waals surface area contributed by atoms with Crippen LogP contribution in [-0.4, -0.2) is 25.6 Å². The number of rotatable bonds is 1. The first-order chi connectivity index (χ1) is 10.4. The molecule has 0 unspecified atom stereocenters. The maximum atomic E-state index is 12.6. The van der Waals surface area contributed by atoms with Gasteiger partial charge in [-0.3, -0.25) is 0 Å². The summed E-state index contributed by atoms with van der Waals surface area (Å²) in [6.07, 6.45) is 1.10. The molecule has 1 aromatic carbocycles. The van der Waals surface area contributed by atoms with Crippen molar-refractivity contribution in [1.82, 2.24) is 4.98 Å². The van der Waals surface area contributed by atoms with E-state index in [1.165, 1.54) is 7.05 Å². The summed E-state index contributed by atoms with van der Waals surface area (Å²) in [5.41, 5.74) is 1.32. The number of oxazole rings is 1. The van der Waals surface area contributed by atoms with Gasteiger partial charge < -0.3 is 17.0 Å². The molecule has 0 bridgehead atoms. The summed E-state index contributed by atoms with van der Waals surface area (Å²) >= 11 is 0. The van der Waals surface area contributed by atoms with Crippen LogP contribution in [0.25, 0.3) is 10.7 Å². The zero-order chi connectivity index (χ0) is 16.5. The predicted molar refractivity (Wildman–Crippen MR) is 92.2 cm³/mol. The van der Waals surface area contributed by atoms with Gasteiger partial charge >= 0.3 is 0 Å². The first-order valence-electron chi connectivity index (χ1n) is 6.86. The Labute approximate surface area is 168 Å². The number of sulfonamides is 1. The molecule has 0 atom stereocenters. The zero-order valence-corrected chi connectivity index (χ0v) is 18.1. The summed E-state index contributed by atoms with van der Waals surface area (Å²) in [5, 5.41) is 10.3. The van der Waals surface area contributed by atoms with Crippen LogP contribution in [0.5, 0.6) is 0 Å². The molecule has 0 saturated carbocycles. The molecule has 1 aromatic heterocycles. The van der Waals surface area contributed by atoms with Crippen LogP contribution in [0, 0.1) is 14.4 Å². The van der Waals surface area contributed by atoms with E-state index in [-0.39, 0.29) is 62.4 Å². The van der Waals surface area contributed by atoms with Gasteiger partial charge in [-0.25, -0.2) is 17.7 Å². The molecule has 1 aliphatic heterocycles. The minimum Gasteiger partial charge on any atom is -0.504 e. The van der Waals surface area contributed by atoms with E-state index in [1.807, 2.05) is 13.8 Å². The normalized spacial score (nSPS) is 14.6. The molecular weight excluding hydrogens is 405 g/mol. The quantitative estimate of drug-likeness (QED) is 0.705. The van der Waals surface area contributed by atoms with Crippen LogP contribution < -0.4 is 4.31 Å². The molecule has 1 aliphatic rings. The summed E-state index contributed by atoms with van der Waals surface area (Å²) in [7, 11) is -2.52. The SMILES string of the molecule is CC.Cc1ccccc1C1=C(O)c2ncoc2N(C)S1(=O)=O.[CH3-].[Y]. The number of hydrogen-bond donors (Lipinski definition) is 1. The molecule has 1 radical (unpaired) electrons. The summed E-state index contributed by atoms with van der Waals surface area (Å²) in [6, 6.07) is 6.95. The monoisotopic (exact) mass is 426 g/mol. The molecule has 6 nitrogen and oxygen atoms in total. The average molecular weight is 426 g/mol. The molecule has 0 aliphatic carbocycles.